The Balaban J connectivity index is 1.37. The van der Waals surface area contributed by atoms with Gasteiger partial charge in [0.25, 0.3) is 0 Å². The van der Waals surface area contributed by atoms with E-state index >= 15 is 0 Å². The van der Waals surface area contributed by atoms with Gasteiger partial charge in [-0.15, -0.1) is 0 Å². The predicted octanol–water partition coefficient (Wildman–Crippen LogP) is 6.20. The molecule has 4 fully saturated rings. The molecule has 1 aromatic rings. The molecule has 4 saturated carbocycles. The van der Waals surface area contributed by atoms with Gasteiger partial charge in [-0.2, -0.15) is 0 Å². The highest BCUT2D eigenvalue weighted by atomic mass is 16.3. The fourth-order valence-electron chi connectivity index (χ4n) is 8.51. The Hall–Kier alpha value is -1.15. The summed E-state index contributed by atoms with van der Waals surface area (Å²) >= 11 is 0. The number of hydrogen-bond donors (Lipinski definition) is 1. The molecule has 29 heavy (non-hydrogen) atoms. The lowest BCUT2D eigenvalue weighted by molar-refractivity contribution is -0.0976. The van der Waals surface area contributed by atoms with E-state index in [2.05, 4.69) is 26.0 Å². The van der Waals surface area contributed by atoms with Crippen molar-refractivity contribution in [3.63, 3.8) is 0 Å². The summed E-state index contributed by atoms with van der Waals surface area (Å²) in [5, 5.41) is 10.6. The van der Waals surface area contributed by atoms with Gasteiger partial charge >= 0.3 is 0 Å². The van der Waals surface area contributed by atoms with Crippen LogP contribution in [0.15, 0.2) is 24.3 Å². The minimum Gasteiger partial charge on any atom is -0.390 e. The van der Waals surface area contributed by atoms with Crippen molar-refractivity contribution in [3.05, 3.63) is 35.4 Å². The molecule has 5 rings (SSSR count). The first kappa shape index (κ1) is 19.8. The average molecular weight is 395 g/mol. The summed E-state index contributed by atoms with van der Waals surface area (Å²) in [5.74, 6) is 4.55. The number of hydrogen-bond acceptors (Lipinski definition) is 2. The molecule has 0 aliphatic heterocycles. The number of carbonyl (C=O) groups excluding carboxylic acids is 1. The Morgan fingerprint density at radius 1 is 0.966 bits per heavy atom. The summed E-state index contributed by atoms with van der Waals surface area (Å²) in [6, 6.07) is 8.23. The van der Waals surface area contributed by atoms with Crippen LogP contribution in [0.1, 0.15) is 87.6 Å². The first-order valence-electron chi connectivity index (χ1n) is 12.1. The number of carbonyl (C=O) groups is 1. The van der Waals surface area contributed by atoms with Crippen molar-refractivity contribution in [2.45, 2.75) is 84.2 Å². The standard InChI is InChI=1S/C27H38O2/c1-17-5-4-6-18(15-17)25(28)24-10-9-23-22-8-7-19-16-26(2,29)13-11-20(19)21(22)12-14-27(23,24)3/h4-6,15,19-24,29H,7-14,16H2,1-3H3/t19-,20+,21-,22-,23+,24-,26-,27+/m1/s1. The molecule has 1 N–H and O–H groups in total. The van der Waals surface area contributed by atoms with Gasteiger partial charge in [-0.05, 0) is 113 Å². The van der Waals surface area contributed by atoms with Gasteiger partial charge < -0.3 is 5.11 Å². The van der Waals surface area contributed by atoms with Gasteiger partial charge in [-0.3, -0.25) is 4.79 Å². The second-order valence-corrected chi connectivity index (χ2v) is 11.6. The number of ketones is 1. The van der Waals surface area contributed by atoms with Gasteiger partial charge in [0, 0.05) is 11.5 Å². The van der Waals surface area contributed by atoms with Crippen molar-refractivity contribution >= 4 is 5.78 Å². The molecule has 1 aromatic carbocycles. The van der Waals surface area contributed by atoms with Crippen molar-refractivity contribution in [1.29, 1.82) is 0 Å². The Kier molecular flexibility index (Phi) is 4.74. The molecule has 4 aliphatic rings. The molecule has 4 aliphatic carbocycles. The zero-order valence-corrected chi connectivity index (χ0v) is 18.5. The number of rotatable bonds is 2. The third kappa shape index (κ3) is 3.21. The summed E-state index contributed by atoms with van der Waals surface area (Å²) in [6.07, 6.45) is 10.7. The second-order valence-electron chi connectivity index (χ2n) is 11.6. The van der Waals surface area contributed by atoms with E-state index in [0.29, 0.717) is 5.78 Å². The van der Waals surface area contributed by atoms with Crippen LogP contribution < -0.4 is 0 Å². The molecular weight excluding hydrogens is 356 g/mol. The lowest BCUT2D eigenvalue weighted by Gasteiger charge is -2.56. The molecule has 0 aromatic heterocycles. The lowest BCUT2D eigenvalue weighted by Crippen LogP contribution is -2.51. The number of benzene rings is 1. The first-order chi connectivity index (χ1) is 13.8. The average Bonchev–Trinajstić information content (AvgIpc) is 3.03. The Morgan fingerprint density at radius 2 is 1.76 bits per heavy atom. The Bertz CT molecular complexity index is 795. The summed E-state index contributed by atoms with van der Waals surface area (Å²) in [7, 11) is 0. The fourth-order valence-corrected chi connectivity index (χ4v) is 8.51. The van der Waals surface area contributed by atoms with Crippen molar-refractivity contribution in [3.8, 4) is 0 Å². The van der Waals surface area contributed by atoms with E-state index < -0.39 is 5.60 Å². The molecule has 0 heterocycles. The normalized spacial score (nSPS) is 46.5. The van der Waals surface area contributed by atoms with E-state index in [9.17, 15) is 9.90 Å². The van der Waals surface area contributed by atoms with Crippen LogP contribution in [-0.4, -0.2) is 16.5 Å². The van der Waals surface area contributed by atoms with Crippen LogP contribution in [-0.2, 0) is 0 Å². The van der Waals surface area contributed by atoms with Gasteiger partial charge in [0.2, 0.25) is 0 Å². The zero-order chi connectivity index (χ0) is 20.4. The molecule has 0 radical (unpaired) electrons. The van der Waals surface area contributed by atoms with E-state index in [1.54, 1.807) is 0 Å². The van der Waals surface area contributed by atoms with Crippen LogP contribution in [0, 0.1) is 47.8 Å². The van der Waals surface area contributed by atoms with E-state index in [1.165, 1.54) is 44.1 Å². The highest BCUT2D eigenvalue weighted by molar-refractivity contribution is 5.98. The first-order valence-corrected chi connectivity index (χ1v) is 12.1. The molecule has 8 atom stereocenters. The molecular formula is C27H38O2. The lowest BCUT2D eigenvalue weighted by atomic mass is 9.49. The highest BCUT2D eigenvalue weighted by Gasteiger charge is 2.58. The highest BCUT2D eigenvalue weighted by Crippen LogP contribution is 2.64. The largest absolute Gasteiger partial charge is 0.390 e. The smallest absolute Gasteiger partial charge is 0.166 e. The van der Waals surface area contributed by atoms with Gasteiger partial charge in [-0.25, -0.2) is 0 Å². The number of Topliss-reactive ketones (excluding diaryl/α,β-unsaturated/α-hetero) is 1. The Labute approximate surface area is 176 Å². The minimum atomic E-state index is -0.435. The minimum absolute atomic E-state index is 0.189. The van der Waals surface area contributed by atoms with Gasteiger partial charge in [0.15, 0.2) is 5.78 Å². The van der Waals surface area contributed by atoms with Gasteiger partial charge in [0.1, 0.15) is 0 Å². The molecule has 0 saturated heterocycles. The van der Waals surface area contributed by atoms with Crippen LogP contribution in [0.5, 0.6) is 0 Å². The molecule has 2 heteroatoms. The van der Waals surface area contributed by atoms with Crippen LogP contribution in [0.2, 0.25) is 0 Å². The van der Waals surface area contributed by atoms with Crippen molar-refractivity contribution < 1.29 is 9.90 Å². The SMILES string of the molecule is Cc1cccc(C(=O)[C@H]2CC[C@H]3[C@@H]4CC[C@@H]5C[C@](C)(O)CC[C@@H]5[C@H]4CC[C@]23C)c1. The number of fused-ring (bicyclic) bond motifs is 5. The van der Waals surface area contributed by atoms with Crippen LogP contribution in [0.4, 0.5) is 0 Å². The third-order valence-electron chi connectivity index (χ3n) is 9.86. The molecule has 0 bridgehead atoms. The molecule has 0 spiro atoms. The van der Waals surface area contributed by atoms with Gasteiger partial charge in [-0.1, -0.05) is 30.7 Å². The summed E-state index contributed by atoms with van der Waals surface area (Å²) in [5.41, 5.74) is 1.87. The van der Waals surface area contributed by atoms with E-state index in [4.69, 9.17) is 0 Å². The van der Waals surface area contributed by atoms with Crippen LogP contribution >= 0.6 is 0 Å². The molecule has 2 nitrogen and oxygen atoms in total. The quantitative estimate of drug-likeness (QED) is 0.607. The topological polar surface area (TPSA) is 37.3 Å². The maximum absolute atomic E-state index is 13.5. The predicted molar refractivity (Wildman–Crippen MR) is 117 cm³/mol. The van der Waals surface area contributed by atoms with Crippen molar-refractivity contribution in [2.75, 3.05) is 0 Å². The maximum atomic E-state index is 13.5. The van der Waals surface area contributed by atoms with Crippen molar-refractivity contribution in [2.24, 2.45) is 40.9 Å². The molecule has 0 amide bonds. The van der Waals surface area contributed by atoms with Crippen LogP contribution in [0.25, 0.3) is 0 Å². The second kappa shape index (κ2) is 6.94. The van der Waals surface area contributed by atoms with Crippen LogP contribution in [0.3, 0.4) is 0 Å². The third-order valence-corrected chi connectivity index (χ3v) is 9.86. The van der Waals surface area contributed by atoms with E-state index in [0.717, 1.165) is 54.4 Å². The summed E-state index contributed by atoms with van der Waals surface area (Å²) in [6.45, 7) is 6.59. The van der Waals surface area contributed by atoms with E-state index in [1.807, 2.05) is 19.1 Å². The number of aliphatic hydroxyl groups is 1. The molecule has 158 valence electrons. The maximum Gasteiger partial charge on any atom is 0.166 e. The summed E-state index contributed by atoms with van der Waals surface area (Å²) in [4.78, 5) is 13.5. The van der Waals surface area contributed by atoms with E-state index in [-0.39, 0.29) is 11.3 Å². The number of aryl methyl sites for hydroxylation is 1. The molecule has 0 unspecified atom stereocenters. The van der Waals surface area contributed by atoms with Gasteiger partial charge in [0.05, 0.1) is 5.60 Å². The fraction of sp³-hybridized carbons (Fsp3) is 0.741. The van der Waals surface area contributed by atoms with Crippen molar-refractivity contribution in [1.82, 2.24) is 0 Å². The Morgan fingerprint density at radius 3 is 2.55 bits per heavy atom. The zero-order valence-electron chi connectivity index (χ0n) is 18.5. The monoisotopic (exact) mass is 394 g/mol. The summed E-state index contributed by atoms with van der Waals surface area (Å²) < 4.78 is 0.